The third-order valence-electron chi connectivity index (χ3n) is 2.87. The van der Waals surface area contributed by atoms with Crippen LogP contribution < -0.4 is 0 Å². The molecule has 0 aliphatic rings. The van der Waals surface area contributed by atoms with Gasteiger partial charge in [-0.05, 0) is 24.5 Å². The third kappa shape index (κ3) is 4.75. The zero-order chi connectivity index (χ0) is 13.4. The van der Waals surface area contributed by atoms with Gasteiger partial charge < -0.3 is 14.7 Å². The second kappa shape index (κ2) is 7.71. The molecule has 18 heavy (non-hydrogen) atoms. The van der Waals surface area contributed by atoms with Crippen molar-refractivity contribution in [3.8, 4) is 5.75 Å². The molecule has 0 fully saturated rings. The van der Waals surface area contributed by atoms with Gasteiger partial charge in [0.15, 0.2) is 0 Å². The largest absolute Gasteiger partial charge is 0.508 e. The fourth-order valence-corrected chi connectivity index (χ4v) is 1.73. The molecule has 0 saturated heterocycles. The summed E-state index contributed by atoms with van der Waals surface area (Å²) in [4.78, 5) is 13.5. The molecular weight excluding hydrogens is 230 g/mol. The van der Waals surface area contributed by atoms with Crippen molar-refractivity contribution in [2.45, 2.75) is 19.3 Å². The molecule has 0 spiro atoms. The summed E-state index contributed by atoms with van der Waals surface area (Å²) >= 11 is 0. The fraction of sp³-hybridized carbons (Fsp3) is 0.500. The zero-order valence-electron chi connectivity index (χ0n) is 11.1. The Morgan fingerprint density at radius 1 is 1.39 bits per heavy atom. The van der Waals surface area contributed by atoms with Crippen molar-refractivity contribution >= 4 is 5.91 Å². The number of hydrogen-bond acceptors (Lipinski definition) is 3. The average molecular weight is 251 g/mol. The number of phenolic OH excluding ortho intramolecular Hbond substituents is 1. The molecule has 0 aliphatic carbocycles. The molecule has 0 aromatic heterocycles. The van der Waals surface area contributed by atoms with E-state index in [0.29, 0.717) is 26.0 Å². The molecule has 0 atom stereocenters. The van der Waals surface area contributed by atoms with Gasteiger partial charge in [0.25, 0.3) is 0 Å². The Morgan fingerprint density at radius 2 is 2.11 bits per heavy atom. The van der Waals surface area contributed by atoms with Gasteiger partial charge in [-0.25, -0.2) is 0 Å². The molecule has 1 aromatic rings. The standard InChI is InChI=1S/C14H21NO3/c1-15(10-5-11-18-2)14(17)9-8-12-6-3-4-7-13(12)16/h3-4,6-7,16H,5,8-11H2,1-2H3. The second-order valence-electron chi connectivity index (χ2n) is 4.29. The minimum absolute atomic E-state index is 0.0920. The van der Waals surface area contributed by atoms with E-state index in [-0.39, 0.29) is 11.7 Å². The Bertz CT molecular complexity index is 379. The van der Waals surface area contributed by atoms with Gasteiger partial charge in [0.05, 0.1) is 0 Å². The molecule has 0 heterocycles. The highest BCUT2D eigenvalue weighted by Crippen LogP contribution is 2.17. The lowest BCUT2D eigenvalue weighted by Crippen LogP contribution is -2.28. The van der Waals surface area contributed by atoms with E-state index in [4.69, 9.17) is 4.74 Å². The van der Waals surface area contributed by atoms with Gasteiger partial charge in [-0.1, -0.05) is 18.2 Å². The quantitative estimate of drug-likeness (QED) is 0.752. The third-order valence-corrected chi connectivity index (χ3v) is 2.87. The number of carbonyl (C=O) groups excluding carboxylic acids is 1. The van der Waals surface area contributed by atoms with Crippen LogP contribution in [0.5, 0.6) is 5.75 Å². The number of phenols is 1. The normalized spacial score (nSPS) is 10.3. The van der Waals surface area contributed by atoms with E-state index in [1.165, 1.54) is 0 Å². The van der Waals surface area contributed by atoms with Crippen LogP contribution in [0.25, 0.3) is 0 Å². The van der Waals surface area contributed by atoms with Gasteiger partial charge in [0.2, 0.25) is 5.91 Å². The number of carbonyl (C=O) groups is 1. The number of methoxy groups -OCH3 is 1. The van der Waals surface area contributed by atoms with Crippen LogP contribution in [0, 0.1) is 0 Å². The molecule has 1 amide bonds. The van der Waals surface area contributed by atoms with Crippen LogP contribution in [-0.4, -0.2) is 43.2 Å². The number of rotatable bonds is 7. The number of aromatic hydroxyl groups is 1. The first-order valence-electron chi connectivity index (χ1n) is 6.15. The summed E-state index contributed by atoms with van der Waals surface area (Å²) in [5.74, 6) is 0.349. The van der Waals surface area contributed by atoms with E-state index in [1.807, 2.05) is 12.1 Å². The predicted molar refractivity (Wildman–Crippen MR) is 70.6 cm³/mol. The van der Waals surface area contributed by atoms with Gasteiger partial charge in [0, 0.05) is 33.7 Å². The van der Waals surface area contributed by atoms with Crippen LogP contribution in [0.4, 0.5) is 0 Å². The van der Waals surface area contributed by atoms with Crippen LogP contribution in [-0.2, 0) is 16.0 Å². The first-order valence-corrected chi connectivity index (χ1v) is 6.15. The summed E-state index contributed by atoms with van der Waals surface area (Å²) in [7, 11) is 3.45. The molecule has 100 valence electrons. The monoisotopic (exact) mass is 251 g/mol. The fourth-order valence-electron chi connectivity index (χ4n) is 1.73. The van der Waals surface area contributed by atoms with Crippen LogP contribution >= 0.6 is 0 Å². The van der Waals surface area contributed by atoms with Crippen molar-refractivity contribution in [2.75, 3.05) is 27.3 Å². The molecule has 1 aromatic carbocycles. The number of benzene rings is 1. The van der Waals surface area contributed by atoms with E-state index in [2.05, 4.69) is 0 Å². The van der Waals surface area contributed by atoms with E-state index in [9.17, 15) is 9.90 Å². The molecule has 0 unspecified atom stereocenters. The number of nitrogens with zero attached hydrogens (tertiary/aromatic N) is 1. The highest BCUT2D eigenvalue weighted by molar-refractivity contribution is 5.76. The van der Waals surface area contributed by atoms with Crippen LogP contribution in [0.2, 0.25) is 0 Å². The maximum Gasteiger partial charge on any atom is 0.222 e. The summed E-state index contributed by atoms with van der Waals surface area (Å²) in [5.41, 5.74) is 0.816. The summed E-state index contributed by atoms with van der Waals surface area (Å²) in [6.07, 6.45) is 1.83. The summed E-state index contributed by atoms with van der Waals surface area (Å²) in [6, 6.07) is 7.12. The summed E-state index contributed by atoms with van der Waals surface area (Å²) in [5, 5.41) is 9.59. The molecule has 1 rings (SSSR count). The van der Waals surface area contributed by atoms with Crippen LogP contribution in [0.1, 0.15) is 18.4 Å². The van der Waals surface area contributed by atoms with Crippen LogP contribution in [0.15, 0.2) is 24.3 Å². The lowest BCUT2D eigenvalue weighted by atomic mass is 10.1. The van der Waals surface area contributed by atoms with Gasteiger partial charge >= 0.3 is 0 Å². The highest BCUT2D eigenvalue weighted by atomic mass is 16.5. The SMILES string of the molecule is COCCCN(C)C(=O)CCc1ccccc1O. The van der Waals surface area contributed by atoms with Gasteiger partial charge in [-0.3, -0.25) is 4.79 Å². The van der Waals surface area contributed by atoms with Crippen molar-refractivity contribution in [3.05, 3.63) is 29.8 Å². The van der Waals surface area contributed by atoms with Crippen molar-refractivity contribution in [1.82, 2.24) is 4.90 Å². The molecule has 0 saturated carbocycles. The Morgan fingerprint density at radius 3 is 2.78 bits per heavy atom. The average Bonchev–Trinajstić information content (AvgIpc) is 2.37. The van der Waals surface area contributed by atoms with Gasteiger partial charge in [-0.2, -0.15) is 0 Å². The van der Waals surface area contributed by atoms with Crippen molar-refractivity contribution in [2.24, 2.45) is 0 Å². The highest BCUT2D eigenvalue weighted by Gasteiger charge is 2.09. The minimum Gasteiger partial charge on any atom is -0.508 e. The number of ether oxygens (including phenoxy) is 1. The molecule has 4 heteroatoms. The zero-order valence-corrected chi connectivity index (χ0v) is 11.1. The Labute approximate surface area is 108 Å². The van der Waals surface area contributed by atoms with Gasteiger partial charge in [0.1, 0.15) is 5.75 Å². The van der Waals surface area contributed by atoms with Crippen molar-refractivity contribution < 1.29 is 14.6 Å². The molecule has 0 aliphatic heterocycles. The van der Waals surface area contributed by atoms with Crippen molar-refractivity contribution in [1.29, 1.82) is 0 Å². The first kappa shape index (κ1) is 14.5. The number of hydrogen-bond donors (Lipinski definition) is 1. The maximum atomic E-state index is 11.8. The minimum atomic E-state index is 0.0920. The Hall–Kier alpha value is -1.55. The number of amides is 1. The summed E-state index contributed by atoms with van der Waals surface area (Å²) < 4.78 is 4.95. The van der Waals surface area contributed by atoms with E-state index >= 15 is 0 Å². The molecular formula is C14H21NO3. The number of aryl methyl sites for hydroxylation is 1. The maximum absolute atomic E-state index is 11.8. The lowest BCUT2D eigenvalue weighted by molar-refractivity contribution is -0.130. The molecule has 1 N–H and O–H groups in total. The lowest BCUT2D eigenvalue weighted by Gasteiger charge is -2.17. The Balaban J connectivity index is 2.34. The molecule has 0 bridgehead atoms. The Kier molecular flexibility index (Phi) is 6.22. The number of para-hydroxylation sites is 1. The topological polar surface area (TPSA) is 49.8 Å². The molecule has 0 radical (unpaired) electrons. The first-order chi connectivity index (χ1) is 8.65. The van der Waals surface area contributed by atoms with Gasteiger partial charge in [-0.15, -0.1) is 0 Å². The van der Waals surface area contributed by atoms with Crippen molar-refractivity contribution in [3.63, 3.8) is 0 Å². The van der Waals surface area contributed by atoms with E-state index < -0.39 is 0 Å². The van der Waals surface area contributed by atoms with Crippen LogP contribution in [0.3, 0.4) is 0 Å². The second-order valence-corrected chi connectivity index (χ2v) is 4.29. The molecule has 4 nitrogen and oxygen atoms in total. The van der Waals surface area contributed by atoms with E-state index in [1.54, 1.807) is 31.2 Å². The predicted octanol–water partition coefficient (Wildman–Crippen LogP) is 1.82. The summed E-state index contributed by atoms with van der Waals surface area (Å²) in [6.45, 7) is 1.37. The smallest absolute Gasteiger partial charge is 0.222 e. The van der Waals surface area contributed by atoms with E-state index in [0.717, 1.165) is 12.0 Å².